The van der Waals surface area contributed by atoms with Gasteiger partial charge in [0.25, 0.3) is 0 Å². The van der Waals surface area contributed by atoms with Crippen molar-refractivity contribution >= 4 is 5.97 Å². The third kappa shape index (κ3) is 6.49. The molecule has 0 N–H and O–H groups in total. The summed E-state index contributed by atoms with van der Waals surface area (Å²) in [5.41, 5.74) is 3.23. The first-order chi connectivity index (χ1) is 16.6. The van der Waals surface area contributed by atoms with Crippen LogP contribution in [0, 0.1) is 5.82 Å². The van der Waals surface area contributed by atoms with E-state index in [0.29, 0.717) is 18.8 Å². The monoisotopic (exact) mass is 462 g/mol. The molecule has 0 saturated carbocycles. The van der Waals surface area contributed by atoms with Crippen molar-refractivity contribution < 1.29 is 18.7 Å². The lowest BCUT2D eigenvalue weighted by Gasteiger charge is -2.34. The molecule has 1 atom stereocenters. The smallest absolute Gasteiger partial charge is 0.356 e. The first-order valence-electron chi connectivity index (χ1n) is 11.9. The van der Waals surface area contributed by atoms with Crippen LogP contribution in [-0.4, -0.2) is 41.7 Å². The molecule has 2 heterocycles. The molecular formula is C28H31FN2O3. The first-order valence-corrected chi connectivity index (χ1v) is 11.9. The zero-order chi connectivity index (χ0) is 23.8. The van der Waals surface area contributed by atoms with Gasteiger partial charge in [-0.3, -0.25) is 4.90 Å². The number of benzene rings is 2. The van der Waals surface area contributed by atoms with E-state index in [1.807, 2.05) is 49.4 Å². The summed E-state index contributed by atoms with van der Waals surface area (Å²) in [5.74, 6) is -0.622. The number of rotatable bonds is 9. The van der Waals surface area contributed by atoms with Crippen molar-refractivity contribution in [1.82, 2.24) is 9.88 Å². The third-order valence-corrected chi connectivity index (χ3v) is 5.98. The van der Waals surface area contributed by atoms with E-state index < -0.39 is 0 Å². The van der Waals surface area contributed by atoms with Crippen LogP contribution in [0.5, 0.6) is 0 Å². The van der Waals surface area contributed by atoms with Gasteiger partial charge in [-0.25, -0.2) is 14.2 Å². The Bertz CT molecular complexity index is 1050. The van der Waals surface area contributed by atoms with Crippen LogP contribution < -0.4 is 0 Å². The number of halogens is 1. The number of esters is 1. The summed E-state index contributed by atoms with van der Waals surface area (Å²) >= 11 is 0. The molecule has 6 heteroatoms. The summed E-state index contributed by atoms with van der Waals surface area (Å²) in [6.45, 7) is 4.80. The Morgan fingerprint density at radius 1 is 1.00 bits per heavy atom. The molecule has 34 heavy (non-hydrogen) atoms. The molecule has 0 aliphatic carbocycles. The van der Waals surface area contributed by atoms with Gasteiger partial charge >= 0.3 is 5.97 Å². The SMILES string of the molecule is CCCOC(=O)c1cccc(CN2CCC(OC(c3ccccc3)c3ccc(F)cc3)CC2)n1. The van der Waals surface area contributed by atoms with Crippen LogP contribution >= 0.6 is 0 Å². The van der Waals surface area contributed by atoms with Crippen LogP contribution in [0.4, 0.5) is 4.39 Å². The third-order valence-electron chi connectivity index (χ3n) is 5.98. The highest BCUT2D eigenvalue weighted by Gasteiger charge is 2.25. The number of pyridine rings is 1. The Labute approximate surface area is 200 Å². The Balaban J connectivity index is 1.35. The quantitative estimate of drug-likeness (QED) is 0.390. The van der Waals surface area contributed by atoms with Crippen molar-refractivity contribution in [2.75, 3.05) is 19.7 Å². The topological polar surface area (TPSA) is 51.7 Å². The van der Waals surface area contributed by atoms with E-state index in [4.69, 9.17) is 9.47 Å². The predicted molar refractivity (Wildman–Crippen MR) is 129 cm³/mol. The second kappa shape index (κ2) is 11.9. The summed E-state index contributed by atoms with van der Waals surface area (Å²) in [5, 5.41) is 0. The van der Waals surface area contributed by atoms with Crippen LogP contribution in [0.25, 0.3) is 0 Å². The maximum Gasteiger partial charge on any atom is 0.356 e. The van der Waals surface area contributed by atoms with Gasteiger partial charge in [-0.05, 0) is 54.7 Å². The van der Waals surface area contributed by atoms with Gasteiger partial charge in [0.05, 0.1) is 18.4 Å². The van der Waals surface area contributed by atoms with Crippen LogP contribution in [0.1, 0.15) is 59.6 Å². The van der Waals surface area contributed by atoms with Gasteiger partial charge in [0.1, 0.15) is 17.6 Å². The van der Waals surface area contributed by atoms with Crippen molar-refractivity contribution in [2.24, 2.45) is 0 Å². The van der Waals surface area contributed by atoms with Crippen molar-refractivity contribution in [2.45, 2.75) is 44.9 Å². The minimum atomic E-state index is -0.372. The second-order valence-corrected chi connectivity index (χ2v) is 8.60. The van der Waals surface area contributed by atoms with Crippen LogP contribution in [-0.2, 0) is 16.0 Å². The van der Waals surface area contributed by atoms with Crippen molar-refractivity contribution in [3.8, 4) is 0 Å². The molecule has 0 amide bonds. The van der Waals surface area contributed by atoms with Gasteiger partial charge in [-0.2, -0.15) is 0 Å². The number of hydrogen-bond donors (Lipinski definition) is 0. The van der Waals surface area contributed by atoms with E-state index in [0.717, 1.165) is 49.2 Å². The summed E-state index contributed by atoms with van der Waals surface area (Å²) < 4.78 is 25.2. The predicted octanol–water partition coefficient (Wildman–Crippen LogP) is 5.56. The highest BCUT2D eigenvalue weighted by molar-refractivity contribution is 5.87. The summed E-state index contributed by atoms with van der Waals surface area (Å²) in [4.78, 5) is 18.9. The average molecular weight is 463 g/mol. The van der Waals surface area contributed by atoms with E-state index >= 15 is 0 Å². The first kappa shape index (κ1) is 24.0. The van der Waals surface area contributed by atoms with Gasteiger partial charge < -0.3 is 9.47 Å². The molecule has 0 bridgehead atoms. The van der Waals surface area contributed by atoms with E-state index in [1.165, 1.54) is 12.1 Å². The number of ether oxygens (including phenoxy) is 2. The highest BCUT2D eigenvalue weighted by Crippen LogP contribution is 2.30. The van der Waals surface area contributed by atoms with Crippen LogP contribution in [0.15, 0.2) is 72.8 Å². The maximum absolute atomic E-state index is 13.5. The fraction of sp³-hybridized carbons (Fsp3) is 0.357. The normalized spacial score (nSPS) is 15.7. The van der Waals surface area contributed by atoms with E-state index in [1.54, 1.807) is 18.2 Å². The zero-order valence-electron chi connectivity index (χ0n) is 19.5. The molecular weight excluding hydrogens is 431 g/mol. The van der Waals surface area contributed by atoms with E-state index in [2.05, 4.69) is 9.88 Å². The van der Waals surface area contributed by atoms with Gasteiger partial charge in [-0.15, -0.1) is 0 Å². The number of carbonyl (C=O) groups excluding carboxylic acids is 1. The molecule has 3 aromatic rings. The fourth-order valence-corrected chi connectivity index (χ4v) is 4.19. The Morgan fingerprint density at radius 3 is 2.41 bits per heavy atom. The molecule has 4 rings (SSSR count). The molecule has 0 radical (unpaired) electrons. The molecule has 1 aliphatic rings. The number of piperidine rings is 1. The number of likely N-dealkylation sites (tertiary alicyclic amines) is 1. The molecule has 178 valence electrons. The highest BCUT2D eigenvalue weighted by atomic mass is 19.1. The van der Waals surface area contributed by atoms with E-state index in [-0.39, 0.29) is 24.0 Å². The summed E-state index contributed by atoms with van der Waals surface area (Å²) in [6.07, 6.45) is 2.45. The minimum absolute atomic E-state index is 0.106. The maximum atomic E-state index is 13.5. The van der Waals surface area contributed by atoms with Crippen molar-refractivity contribution in [1.29, 1.82) is 0 Å². The number of hydrogen-bond acceptors (Lipinski definition) is 5. The van der Waals surface area contributed by atoms with E-state index in [9.17, 15) is 9.18 Å². The second-order valence-electron chi connectivity index (χ2n) is 8.60. The lowest BCUT2D eigenvalue weighted by atomic mass is 10.00. The summed E-state index contributed by atoms with van der Waals surface area (Å²) in [6, 6.07) is 22.1. The molecule has 1 unspecified atom stereocenters. The molecule has 1 saturated heterocycles. The Kier molecular flexibility index (Phi) is 8.39. The van der Waals surface area contributed by atoms with Crippen LogP contribution in [0.2, 0.25) is 0 Å². The Morgan fingerprint density at radius 2 is 1.71 bits per heavy atom. The Hall–Kier alpha value is -3.09. The van der Waals surface area contributed by atoms with Crippen molar-refractivity contribution in [3.05, 3.63) is 101 Å². The fourth-order valence-electron chi connectivity index (χ4n) is 4.19. The molecule has 0 spiro atoms. The minimum Gasteiger partial charge on any atom is -0.461 e. The lowest BCUT2D eigenvalue weighted by molar-refractivity contribution is -0.0283. The standard InChI is InChI=1S/C28H31FN2O3/c1-2-19-33-28(32)26-10-6-9-24(30-26)20-31-17-15-25(16-18-31)34-27(21-7-4-3-5-8-21)22-11-13-23(29)14-12-22/h3-14,25,27H,2,15-20H2,1H3. The molecule has 5 nitrogen and oxygen atoms in total. The molecule has 1 aliphatic heterocycles. The van der Waals surface area contributed by atoms with Gasteiger partial charge in [0.2, 0.25) is 0 Å². The number of aromatic nitrogens is 1. The average Bonchev–Trinajstić information content (AvgIpc) is 2.88. The zero-order valence-corrected chi connectivity index (χ0v) is 19.5. The number of nitrogens with zero attached hydrogens (tertiary/aromatic N) is 2. The molecule has 1 aromatic heterocycles. The van der Waals surface area contributed by atoms with Gasteiger partial charge in [0, 0.05) is 19.6 Å². The van der Waals surface area contributed by atoms with Gasteiger partial charge in [-0.1, -0.05) is 55.5 Å². The number of carbonyl (C=O) groups is 1. The summed E-state index contributed by atoms with van der Waals surface area (Å²) in [7, 11) is 0. The largest absolute Gasteiger partial charge is 0.461 e. The van der Waals surface area contributed by atoms with Crippen LogP contribution in [0.3, 0.4) is 0 Å². The lowest BCUT2D eigenvalue weighted by Crippen LogP contribution is -2.37. The molecule has 2 aromatic carbocycles. The molecule has 1 fully saturated rings. The van der Waals surface area contributed by atoms with Crippen molar-refractivity contribution in [3.63, 3.8) is 0 Å². The van der Waals surface area contributed by atoms with Gasteiger partial charge in [0.15, 0.2) is 0 Å².